The predicted molar refractivity (Wildman–Crippen MR) is 87.9 cm³/mol. The Balaban J connectivity index is 1.72. The Bertz CT molecular complexity index is 731. The van der Waals surface area contributed by atoms with E-state index in [4.69, 9.17) is 23.2 Å². The molecule has 4 nitrogen and oxygen atoms in total. The van der Waals surface area contributed by atoms with Gasteiger partial charge in [-0.05, 0) is 18.2 Å². The molecule has 1 fully saturated rings. The summed E-state index contributed by atoms with van der Waals surface area (Å²) in [5.41, 5.74) is -0.852. The first-order valence-corrected chi connectivity index (χ1v) is 7.95. The molecule has 0 saturated carbocycles. The van der Waals surface area contributed by atoms with Gasteiger partial charge in [-0.25, -0.2) is 9.97 Å². The second kappa shape index (κ2) is 6.64. The van der Waals surface area contributed by atoms with Crippen molar-refractivity contribution in [1.29, 1.82) is 0 Å². The van der Waals surface area contributed by atoms with Crippen LogP contribution in [-0.2, 0) is 6.18 Å². The van der Waals surface area contributed by atoms with Gasteiger partial charge in [-0.1, -0.05) is 23.2 Å². The molecule has 1 aliphatic heterocycles. The van der Waals surface area contributed by atoms with Gasteiger partial charge in [0.15, 0.2) is 0 Å². The number of anilines is 2. The second-order valence-electron chi connectivity index (χ2n) is 5.31. The summed E-state index contributed by atoms with van der Waals surface area (Å²) in [7, 11) is 0. The van der Waals surface area contributed by atoms with Crippen LogP contribution >= 0.6 is 23.2 Å². The summed E-state index contributed by atoms with van der Waals surface area (Å²) in [5.74, 6) is 1.06. The minimum atomic E-state index is -4.45. The van der Waals surface area contributed by atoms with Crippen molar-refractivity contribution in [3.63, 3.8) is 0 Å². The number of halogens is 5. The molecular formula is C15H13Cl2F3N4. The van der Waals surface area contributed by atoms with Gasteiger partial charge in [-0.2, -0.15) is 13.2 Å². The normalized spacial score (nSPS) is 15.7. The van der Waals surface area contributed by atoms with Crippen molar-refractivity contribution in [2.45, 2.75) is 6.18 Å². The van der Waals surface area contributed by atoms with Crippen molar-refractivity contribution in [3.8, 4) is 0 Å². The zero-order valence-electron chi connectivity index (χ0n) is 12.4. The van der Waals surface area contributed by atoms with Gasteiger partial charge in [-0.15, -0.1) is 0 Å². The first kappa shape index (κ1) is 17.1. The predicted octanol–water partition coefficient (Wildman–Crippen LogP) is 4.13. The van der Waals surface area contributed by atoms with Crippen LogP contribution in [-0.4, -0.2) is 36.1 Å². The van der Waals surface area contributed by atoms with Crippen LogP contribution in [0.5, 0.6) is 0 Å². The molecule has 0 atom stereocenters. The largest absolute Gasteiger partial charge is 0.417 e. The molecule has 2 aromatic heterocycles. The molecule has 3 rings (SSSR count). The maximum absolute atomic E-state index is 12.7. The van der Waals surface area contributed by atoms with Gasteiger partial charge >= 0.3 is 6.18 Å². The van der Waals surface area contributed by atoms with E-state index in [2.05, 4.69) is 9.97 Å². The second-order valence-corrected chi connectivity index (χ2v) is 6.12. The fraction of sp³-hybridized carbons (Fsp3) is 0.333. The third kappa shape index (κ3) is 3.52. The topological polar surface area (TPSA) is 32.3 Å². The molecule has 1 aliphatic rings. The number of nitrogens with zero attached hydrogens (tertiary/aromatic N) is 4. The molecule has 0 amide bonds. The number of piperazine rings is 1. The van der Waals surface area contributed by atoms with E-state index >= 15 is 0 Å². The van der Waals surface area contributed by atoms with Crippen LogP contribution in [0.15, 0.2) is 30.6 Å². The van der Waals surface area contributed by atoms with Crippen molar-refractivity contribution in [2.24, 2.45) is 0 Å². The Kier molecular flexibility index (Phi) is 4.73. The third-order valence-corrected chi connectivity index (χ3v) is 4.34. The lowest BCUT2D eigenvalue weighted by atomic mass is 10.2. The van der Waals surface area contributed by atoms with E-state index in [-0.39, 0.29) is 5.02 Å². The average molecular weight is 377 g/mol. The summed E-state index contributed by atoms with van der Waals surface area (Å²) in [6, 6.07) is 4.43. The zero-order chi connectivity index (χ0) is 17.3. The van der Waals surface area contributed by atoms with E-state index in [1.807, 2.05) is 9.80 Å². The highest BCUT2D eigenvalue weighted by Gasteiger charge is 2.32. The third-order valence-electron chi connectivity index (χ3n) is 3.77. The number of rotatable bonds is 2. The maximum Gasteiger partial charge on any atom is 0.417 e. The molecule has 9 heteroatoms. The molecule has 0 unspecified atom stereocenters. The molecule has 24 heavy (non-hydrogen) atoms. The number of hydrogen-bond acceptors (Lipinski definition) is 4. The van der Waals surface area contributed by atoms with E-state index < -0.39 is 11.7 Å². The number of hydrogen-bond donors (Lipinski definition) is 0. The van der Waals surface area contributed by atoms with Gasteiger partial charge in [0.1, 0.15) is 11.6 Å². The molecule has 0 radical (unpaired) electrons. The summed E-state index contributed by atoms with van der Waals surface area (Å²) in [6.07, 6.45) is -1.98. The summed E-state index contributed by atoms with van der Waals surface area (Å²) in [6.45, 7) is 2.36. The summed E-state index contributed by atoms with van der Waals surface area (Å²) in [4.78, 5) is 12.0. The summed E-state index contributed by atoms with van der Waals surface area (Å²) < 4.78 is 38.0. The van der Waals surface area contributed by atoms with Crippen molar-refractivity contribution in [1.82, 2.24) is 9.97 Å². The quantitative estimate of drug-likeness (QED) is 0.788. The van der Waals surface area contributed by atoms with Crippen LogP contribution in [0.4, 0.5) is 24.8 Å². The van der Waals surface area contributed by atoms with Crippen molar-refractivity contribution in [3.05, 3.63) is 46.2 Å². The van der Waals surface area contributed by atoms with Crippen molar-refractivity contribution < 1.29 is 13.2 Å². The molecule has 0 aliphatic carbocycles. The lowest BCUT2D eigenvalue weighted by Gasteiger charge is -2.36. The molecule has 0 bridgehead atoms. The van der Waals surface area contributed by atoms with Crippen LogP contribution in [0.2, 0.25) is 10.0 Å². The Morgan fingerprint density at radius 1 is 0.917 bits per heavy atom. The van der Waals surface area contributed by atoms with E-state index in [0.717, 1.165) is 12.3 Å². The highest BCUT2D eigenvalue weighted by molar-refractivity contribution is 6.33. The number of alkyl halides is 3. The molecule has 2 aromatic rings. The minimum absolute atomic E-state index is 0.00542. The Morgan fingerprint density at radius 2 is 1.50 bits per heavy atom. The minimum Gasteiger partial charge on any atom is -0.352 e. The van der Waals surface area contributed by atoms with Gasteiger partial charge in [-0.3, -0.25) is 0 Å². The fourth-order valence-corrected chi connectivity index (χ4v) is 3.09. The molecule has 3 heterocycles. The highest BCUT2D eigenvalue weighted by Crippen LogP contribution is 2.34. The van der Waals surface area contributed by atoms with Gasteiger partial charge in [0.2, 0.25) is 0 Å². The molecular weight excluding hydrogens is 364 g/mol. The summed E-state index contributed by atoms with van der Waals surface area (Å²) >= 11 is 12.1. The SMILES string of the molecule is FC(F)(F)c1cnc(N2CCN(c3ncccc3Cl)CC2)c(Cl)c1. The van der Waals surface area contributed by atoms with E-state index in [9.17, 15) is 13.2 Å². The smallest absolute Gasteiger partial charge is 0.352 e. The Hall–Kier alpha value is -1.73. The van der Waals surface area contributed by atoms with Crippen LogP contribution in [0.25, 0.3) is 0 Å². The van der Waals surface area contributed by atoms with E-state index in [0.29, 0.717) is 42.8 Å². The lowest BCUT2D eigenvalue weighted by Crippen LogP contribution is -2.47. The zero-order valence-corrected chi connectivity index (χ0v) is 13.9. The number of aromatic nitrogens is 2. The first-order valence-electron chi connectivity index (χ1n) is 7.19. The van der Waals surface area contributed by atoms with Crippen molar-refractivity contribution in [2.75, 3.05) is 36.0 Å². The van der Waals surface area contributed by atoms with Gasteiger partial charge in [0.25, 0.3) is 0 Å². The van der Waals surface area contributed by atoms with Crippen LogP contribution < -0.4 is 9.80 Å². The van der Waals surface area contributed by atoms with Crippen LogP contribution in [0, 0.1) is 0 Å². The molecule has 1 saturated heterocycles. The Morgan fingerprint density at radius 3 is 2.00 bits per heavy atom. The van der Waals surface area contributed by atoms with Gasteiger partial charge in [0.05, 0.1) is 15.6 Å². The first-order chi connectivity index (χ1) is 11.4. The van der Waals surface area contributed by atoms with E-state index in [1.54, 1.807) is 18.3 Å². The maximum atomic E-state index is 12.7. The lowest BCUT2D eigenvalue weighted by molar-refractivity contribution is -0.137. The van der Waals surface area contributed by atoms with Gasteiger partial charge < -0.3 is 9.80 Å². The monoisotopic (exact) mass is 376 g/mol. The average Bonchev–Trinajstić information content (AvgIpc) is 2.55. The fourth-order valence-electron chi connectivity index (χ4n) is 2.56. The molecule has 0 spiro atoms. The van der Waals surface area contributed by atoms with E-state index in [1.165, 1.54) is 0 Å². The van der Waals surface area contributed by atoms with Crippen molar-refractivity contribution >= 4 is 34.8 Å². The molecule has 0 N–H and O–H groups in total. The molecule has 0 aromatic carbocycles. The Labute approximate surface area is 146 Å². The highest BCUT2D eigenvalue weighted by atomic mass is 35.5. The number of pyridine rings is 2. The summed E-state index contributed by atoms with van der Waals surface area (Å²) in [5, 5.41) is 0.561. The van der Waals surface area contributed by atoms with Crippen LogP contribution in [0.3, 0.4) is 0 Å². The standard InChI is InChI=1S/C15H13Cl2F3N4/c16-11-2-1-3-21-13(11)23-4-6-24(7-5-23)14-12(17)8-10(9-22-14)15(18,19)20/h1-3,8-9H,4-7H2. The molecule has 128 valence electrons. The van der Waals surface area contributed by atoms with Gasteiger partial charge in [0, 0.05) is 38.6 Å². The van der Waals surface area contributed by atoms with Crippen LogP contribution in [0.1, 0.15) is 5.56 Å².